The Labute approximate surface area is 181 Å². The van der Waals surface area contributed by atoms with E-state index < -0.39 is 11.9 Å². The van der Waals surface area contributed by atoms with Crippen LogP contribution in [0.4, 0.5) is 20.7 Å². The maximum Gasteiger partial charge on any atom is 0.407 e. The Hall–Kier alpha value is -3.27. The highest BCUT2D eigenvalue weighted by Crippen LogP contribution is 2.40. The Bertz CT molecular complexity index is 1280. The zero-order valence-corrected chi connectivity index (χ0v) is 17.8. The van der Waals surface area contributed by atoms with Crippen molar-refractivity contribution >= 4 is 50.1 Å². The van der Waals surface area contributed by atoms with Gasteiger partial charge in [0.1, 0.15) is 28.9 Å². The fourth-order valence-corrected chi connectivity index (χ4v) is 5.14. The van der Waals surface area contributed by atoms with Crippen molar-refractivity contribution in [3.8, 4) is 0 Å². The second-order valence-electron chi connectivity index (χ2n) is 7.89. The van der Waals surface area contributed by atoms with Crippen molar-refractivity contribution in [1.82, 2.24) is 25.5 Å². The highest BCUT2D eigenvalue weighted by Gasteiger charge is 2.27. The maximum atomic E-state index is 14.6. The van der Waals surface area contributed by atoms with Crippen LogP contribution in [-0.2, 0) is 17.6 Å². The van der Waals surface area contributed by atoms with Crippen LogP contribution in [0.15, 0.2) is 24.7 Å². The molecular formula is C21H21FN6O2S. The lowest BCUT2D eigenvalue weighted by molar-refractivity contribution is 0.0885. The minimum Gasteiger partial charge on any atom is -0.446 e. The van der Waals surface area contributed by atoms with Crippen LogP contribution in [0, 0.1) is 5.82 Å². The lowest BCUT2D eigenvalue weighted by atomic mass is 9.94. The molecule has 1 amide bonds. The van der Waals surface area contributed by atoms with E-state index in [-0.39, 0.29) is 12.1 Å². The Kier molecular flexibility index (Phi) is 4.93. The highest BCUT2D eigenvalue weighted by molar-refractivity contribution is 7.19. The summed E-state index contributed by atoms with van der Waals surface area (Å²) in [6.07, 6.45) is 4.65. The van der Waals surface area contributed by atoms with Crippen molar-refractivity contribution < 1.29 is 13.9 Å². The summed E-state index contributed by atoms with van der Waals surface area (Å²) < 4.78 is 20.2. The minimum atomic E-state index is -0.392. The standard InChI is InChI=1S/C21H21FN6O2S/c1-10(2)26-21(29)30-12-3-4-13-17(6-12)31-20-18(13)19(23-9-24-20)27-16-5-11-8-25-28-15(11)7-14(16)22/h5,7-10,12H,3-4,6H2,1-2H3,(H,25,28)(H,26,29)(H,23,24,27). The number of nitrogens with zero attached hydrogens (tertiary/aromatic N) is 3. The van der Waals surface area contributed by atoms with Crippen LogP contribution in [0.2, 0.25) is 0 Å². The van der Waals surface area contributed by atoms with Crippen molar-refractivity contribution in [1.29, 1.82) is 0 Å². The SMILES string of the molecule is CC(C)NC(=O)OC1CCc2c(sc3ncnc(Nc4cc5cn[nH]c5cc4F)c23)C1. The van der Waals surface area contributed by atoms with Gasteiger partial charge in [-0.25, -0.2) is 19.2 Å². The molecular weight excluding hydrogens is 419 g/mol. The lowest BCUT2D eigenvalue weighted by Crippen LogP contribution is -2.35. The number of carbonyl (C=O) groups excluding carboxylic acids is 1. The molecule has 1 aliphatic carbocycles. The number of fused-ring (bicyclic) bond motifs is 4. The number of rotatable bonds is 4. The van der Waals surface area contributed by atoms with Gasteiger partial charge in [-0.2, -0.15) is 5.10 Å². The number of ether oxygens (including phenoxy) is 1. The highest BCUT2D eigenvalue weighted by atomic mass is 32.1. The number of hydrogen-bond acceptors (Lipinski definition) is 7. The van der Waals surface area contributed by atoms with Crippen molar-refractivity contribution in [2.24, 2.45) is 0 Å². The smallest absolute Gasteiger partial charge is 0.407 e. The number of aromatic nitrogens is 4. The molecule has 1 aliphatic rings. The van der Waals surface area contributed by atoms with Crippen LogP contribution >= 0.6 is 11.3 Å². The molecule has 3 heterocycles. The summed E-state index contributed by atoms with van der Waals surface area (Å²) in [6.45, 7) is 3.79. The quantitative estimate of drug-likeness (QED) is 0.433. The number of thiophene rings is 1. The van der Waals surface area contributed by atoms with Crippen LogP contribution in [0.5, 0.6) is 0 Å². The summed E-state index contributed by atoms with van der Waals surface area (Å²) in [4.78, 5) is 22.7. The normalized spacial score (nSPS) is 15.9. The number of H-pyrrole nitrogens is 1. The topological polar surface area (TPSA) is 105 Å². The monoisotopic (exact) mass is 440 g/mol. The number of benzene rings is 1. The lowest BCUT2D eigenvalue weighted by Gasteiger charge is -2.23. The van der Waals surface area contributed by atoms with Crippen LogP contribution in [0.1, 0.15) is 30.7 Å². The molecule has 10 heteroatoms. The van der Waals surface area contributed by atoms with Crippen LogP contribution in [0.3, 0.4) is 0 Å². The first-order valence-corrected chi connectivity index (χ1v) is 10.9. The molecule has 0 saturated heterocycles. The van der Waals surface area contributed by atoms with Crippen LogP contribution < -0.4 is 10.6 Å². The van der Waals surface area contributed by atoms with Gasteiger partial charge in [0.25, 0.3) is 0 Å². The van der Waals surface area contributed by atoms with Gasteiger partial charge in [0.15, 0.2) is 0 Å². The molecule has 5 rings (SSSR count). The zero-order chi connectivity index (χ0) is 21.5. The molecule has 8 nitrogen and oxygen atoms in total. The summed E-state index contributed by atoms with van der Waals surface area (Å²) in [5.74, 6) is 0.179. The number of carbonyl (C=O) groups is 1. The average molecular weight is 441 g/mol. The van der Waals surface area contributed by atoms with E-state index in [0.717, 1.165) is 32.5 Å². The molecule has 0 radical (unpaired) electrons. The van der Waals surface area contributed by atoms with Crippen LogP contribution in [-0.4, -0.2) is 38.4 Å². The van der Waals surface area contributed by atoms with Crippen LogP contribution in [0.25, 0.3) is 21.1 Å². The van der Waals surface area contributed by atoms with E-state index in [9.17, 15) is 9.18 Å². The van der Waals surface area contributed by atoms with Gasteiger partial charge in [-0.15, -0.1) is 11.3 Å². The third kappa shape index (κ3) is 3.78. The summed E-state index contributed by atoms with van der Waals surface area (Å²) >= 11 is 1.57. The molecule has 0 bridgehead atoms. The number of halogens is 1. The van der Waals surface area contributed by atoms with Gasteiger partial charge in [0.2, 0.25) is 0 Å². The minimum absolute atomic E-state index is 0.0292. The third-order valence-electron chi connectivity index (χ3n) is 5.26. The van der Waals surface area contributed by atoms with E-state index in [1.807, 2.05) is 13.8 Å². The van der Waals surface area contributed by atoms with Gasteiger partial charge in [0.05, 0.1) is 22.8 Å². The Balaban J connectivity index is 1.44. The number of aromatic amines is 1. The van der Waals surface area contributed by atoms with Crippen molar-refractivity contribution in [2.45, 2.75) is 45.3 Å². The number of anilines is 2. The number of alkyl carbamates (subject to hydrolysis) is 1. The first-order chi connectivity index (χ1) is 15.0. The molecule has 0 spiro atoms. The molecule has 0 fully saturated rings. The van der Waals surface area contributed by atoms with Crippen molar-refractivity contribution in [3.63, 3.8) is 0 Å². The molecule has 31 heavy (non-hydrogen) atoms. The van der Waals surface area contributed by atoms with E-state index >= 15 is 0 Å². The molecule has 1 unspecified atom stereocenters. The van der Waals surface area contributed by atoms with E-state index in [0.29, 0.717) is 29.9 Å². The van der Waals surface area contributed by atoms with E-state index in [2.05, 4.69) is 30.8 Å². The molecule has 0 aliphatic heterocycles. The second kappa shape index (κ2) is 7.77. The fraction of sp³-hybridized carbons (Fsp3) is 0.333. The number of aryl methyl sites for hydroxylation is 1. The first kappa shape index (κ1) is 19.7. The predicted octanol–water partition coefficient (Wildman–Crippen LogP) is 4.44. The summed E-state index contributed by atoms with van der Waals surface area (Å²) in [7, 11) is 0. The zero-order valence-electron chi connectivity index (χ0n) is 17.0. The number of amides is 1. The van der Waals surface area contributed by atoms with Crippen molar-refractivity contribution in [3.05, 3.63) is 40.9 Å². The maximum absolute atomic E-state index is 14.6. The molecule has 3 N–H and O–H groups in total. The van der Waals surface area contributed by atoms with Gasteiger partial charge in [-0.05, 0) is 38.3 Å². The van der Waals surface area contributed by atoms with Gasteiger partial charge in [-0.1, -0.05) is 0 Å². The Morgan fingerprint density at radius 2 is 2.23 bits per heavy atom. The molecule has 160 valence electrons. The van der Waals surface area contributed by atoms with E-state index in [1.54, 1.807) is 23.6 Å². The van der Waals surface area contributed by atoms with Gasteiger partial charge in [-0.3, -0.25) is 5.10 Å². The molecule has 0 saturated carbocycles. The van der Waals surface area contributed by atoms with Gasteiger partial charge < -0.3 is 15.4 Å². The second-order valence-corrected chi connectivity index (χ2v) is 8.97. The van der Waals surface area contributed by atoms with Crippen molar-refractivity contribution in [2.75, 3.05) is 5.32 Å². The van der Waals surface area contributed by atoms with Gasteiger partial charge >= 0.3 is 6.09 Å². The molecule has 1 aromatic carbocycles. The summed E-state index contributed by atoms with van der Waals surface area (Å²) in [6, 6.07) is 3.15. The summed E-state index contributed by atoms with van der Waals surface area (Å²) in [5, 5.41) is 14.3. The largest absolute Gasteiger partial charge is 0.446 e. The molecule has 1 atom stereocenters. The third-order valence-corrected chi connectivity index (χ3v) is 6.42. The van der Waals surface area contributed by atoms with E-state index in [4.69, 9.17) is 4.74 Å². The van der Waals surface area contributed by atoms with E-state index in [1.165, 1.54) is 12.4 Å². The average Bonchev–Trinajstić information content (AvgIpc) is 3.31. The molecule has 3 aromatic heterocycles. The Morgan fingerprint density at radius 3 is 3.06 bits per heavy atom. The Morgan fingerprint density at radius 1 is 1.35 bits per heavy atom. The first-order valence-electron chi connectivity index (χ1n) is 10.1. The number of nitrogens with one attached hydrogen (secondary N) is 3. The predicted molar refractivity (Wildman–Crippen MR) is 117 cm³/mol. The summed E-state index contributed by atoms with van der Waals surface area (Å²) in [5.41, 5.74) is 2.10. The fourth-order valence-electron chi connectivity index (χ4n) is 3.88. The number of hydrogen-bond donors (Lipinski definition) is 3. The van der Waals surface area contributed by atoms with Gasteiger partial charge in [0, 0.05) is 28.8 Å². The molecule has 4 aromatic rings.